The van der Waals surface area contributed by atoms with Gasteiger partial charge in [-0.15, -0.1) is 0 Å². The molecular weight excluding hydrogens is 240 g/mol. The van der Waals surface area contributed by atoms with Gasteiger partial charge in [-0.1, -0.05) is 31.5 Å². The standard InChI is InChI=1S/C15H20N2O2/c1-3-4-10-16(2)13-11-14(18)17(15(13)19)12-8-6-5-7-9-12/h5-9,13H,3-4,10-11H2,1-2H3/t13-/m0/s1. The first-order chi connectivity index (χ1) is 9.15. The van der Waals surface area contributed by atoms with Crippen LogP contribution in [0.25, 0.3) is 0 Å². The molecule has 0 unspecified atom stereocenters. The van der Waals surface area contributed by atoms with E-state index in [1.165, 1.54) is 4.90 Å². The Morgan fingerprint density at radius 1 is 1.26 bits per heavy atom. The third kappa shape index (κ3) is 2.84. The van der Waals surface area contributed by atoms with E-state index in [4.69, 9.17) is 0 Å². The van der Waals surface area contributed by atoms with Gasteiger partial charge in [0.05, 0.1) is 18.2 Å². The van der Waals surface area contributed by atoms with E-state index in [-0.39, 0.29) is 24.3 Å². The Balaban J connectivity index is 2.13. The zero-order chi connectivity index (χ0) is 13.8. The number of likely N-dealkylation sites (N-methyl/N-ethyl adjacent to an activating group) is 1. The van der Waals surface area contributed by atoms with E-state index in [0.717, 1.165) is 19.4 Å². The monoisotopic (exact) mass is 260 g/mol. The Morgan fingerprint density at radius 2 is 1.95 bits per heavy atom. The third-order valence-electron chi connectivity index (χ3n) is 3.53. The van der Waals surface area contributed by atoms with Crippen LogP contribution in [-0.4, -0.2) is 36.3 Å². The molecule has 0 radical (unpaired) electrons. The van der Waals surface area contributed by atoms with Crippen LogP contribution < -0.4 is 4.90 Å². The van der Waals surface area contributed by atoms with Crippen molar-refractivity contribution >= 4 is 17.5 Å². The summed E-state index contributed by atoms with van der Waals surface area (Å²) in [5, 5.41) is 0. The molecule has 1 heterocycles. The van der Waals surface area contributed by atoms with Crippen molar-refractivity contribution < 1.29 is 9.59 Å². The van der Waals surface area contributed by atoms with Crippen molar-refractivity contribution in [2.75, 3.05) is 18.5 Å². The normalized spacial score (nSPS) is 19.5. The van der Waals surface area contributed by atoms with Gasteiger partial charge in [0.25, 0.3) is 5.91 Å². The van der Waals surface area contributed by atoms with E-state index in [1.807, 2.05) is 30.1 Å². The number of benzene rings is 1. The molecule has 0 bridgehead atoms. The summed E-state index contributed by atoms with van der Waals surface area (Å²) < 4.78 is 0. The van der Waals surface area contributed by atoms with Gasteiger partial charge in [0.2, 0.25) is 5.91 Å². The van der Waals surface area contributed by atoms with Crippen LogP contribution in [0, 0.1) is 0 Å². The fraction of sp³-hybridized carbons (Fsp3) is 0.467. The Hall–Kier alpha value is -1.68. The van der Waals surface area contributed by atoms with Gasteiger partial charge in [-0.25, -0.2) is 4.90 Å². The van der Waals surface area contributed by atoms with Crippen LogP contribution in [0.4, 0.5) is 5.69 Å². The first-order valence-electron chi connectivity index (χ1n) is 6.77. The van der Waals surface area contributed by atoms with E-state index in [9.17, 15) is 9.59 Å². The lowest BCUT2D eigenvalue weighted by molar-refractivity contribution is -0.122. The molecule has 1 aromatic rings. The summed E-state index contributed by atoms with van der Waals surface area (Å²) >= 11 is 0. The number of amides is 2. The highest BCUT2D eigenvalue weighted by Gasteiger charge is 2.41. The summed E-state index contributed by atoms with van der Waals surface area (Å²) in [4.78, 5) is 27.7. The lowest BCUT2D eigenvalue weighted by atomic mass is 10.2. The molecule has 1 atom stereocenters. The number of imide groups is 1. The second-order valence-electron chi connectivity index (χ2n) is 4.96. The quantitative estimate of drug-likeness (QED) is 0.761. The van der Waals surface area contributed by atoms with Crippen LogP contribution in [0.3, 0.4) is 0 Å². The SMILES string of the molecule is CCCCN(C)[C@H]1CC(=O)N(c2ccccc2)C1=O. The molecule has 4 nitrogen and oxygen atoms in total. The van der Waals surface area contributed by atoms with Crippen molar-refractivity contribution in [3.05, 3.63) is 30.3 Å². The van der Waals surface area contributed by atoms with Gasteiger partial charge in [-0.05, 0) is 32.1 Å². The summed E-state index contributed by atoms with van der Waals surface area (Å²) in [5.74, 6) is -0.209. The molecule has 19 heavy (non-hydrogen) atoms. The molecule has 1 saturated heterocycles. The van der Waals surface area contributed by atoms with Crippen LogP contribution in [0.5, 0.6) is 0 Å². The number of hydrogen-bond donors (Lipinski definition) is 0. The Bertz CT molecular complexity index is 458. The highest BCUT2D eigenvalue weighted by molar-refractivity contribution is 6.22. The average molecular weight is 260 g/mol. The zero-order valence-corrected chi connectivity index (χ0v) is 11.5. The highest BCUT2D eigenvalue weighted by atomic mass is 16.2. The molecule has 1 fully saturated rings. The topological polar surface area (TPSA) is 40.6 Å². The maximum atomic E-state index is 12.4. The van der Waals surface area contributed by atoms with Crippen LogP contribution in [0.1, 0.15) is 26.2 Å². The molecule has 2 rings (SSSR count). The molecule has 0 N–H and O–H groups in total. The molecule has 0 aliphatic carbocycles. The summed E-state index contributed by atoms with van der Waals surface area (Å²) in [6.07, 6.45) is 2.41. The smallest absolute Gasteiger partial charge is 0.251 e. The first-order valence-corrected chi connectivity index (χ1v) is 6.77. The third-order valence-corrected chi connectivity index (χ3v) is 3.53. The van der Waals surface area contributed by atoms with Gasteiger partial charge in [0, 0.05) is 0 Å². The minimum Gasteiger partial charge on any atom is -0.295 e. The fourth-order valence-corrected chi connectivity index (χ4v) is 2.37. The van der Waals surface area contributed by atoms with Gasteiger partial charge >= 0.3 is 0 Å². The Morgan fingerprint density at radius 3 is 2.58 bits per heavy atom. The molecule has 1 aliphatic heterocycles. The molecule has 0 spiro atoms. The number of unbranched alkanes of at least 4 members (excludes halogenated alkanes) is 1. The van der Waals surface area contributed by atoms with E-state index < -0.39 is 0 Å². The van der Waals surface area contributed by atoms with Crippen LogP contribution in [0.15, 0.2) is 30.3 Å². The summed E-state index contributed by atoms with van der Waals surface area (Å²) in [6.45, 7) is 2.97. The van der Waals surface area contributed by atoms with Crippen molar-refractivity contribution in [1.82, 2.24) is 4.90 Å². The summed E-state index contributed by atoms with van der Waals surface area (Å²) in [5.41, 5.74) is 0.670. The van der Waals surface area contributed by atoms with Crippen LogP contribution in [0.2, 0.25) is 0 Å². The first kappa shape index (κ1) is 13.7. The fourth-order valence-electron chi connectivity index (χ4n) is 2.37. The van der Waals surface area contributed by atoms with Crippen molar-refractivity contribution in [2.45, 2.75) is 32.2 Å². The van der Waals surface area contributed by atoms with Crippen LogP contribution >= 0.6 is 0 Å². The Kier molecular flexibility index (Phi) is 4.32. The van der Waals surface area contributed by atoms with Crippen molar-refractivity contribution in [1.29, 1.82) is 0 Å². The number of para-hydroxylation sites is 1. The number of nitrogens with zero attached hydrogens (tertiary/aromatic N) is 2. The van der Waals surface area contributed by atoms with E-state index in [0.29, 0.717) is 5.69 Å². The molecule has 1 aliphatic rings. The predicted octanol–water partition coefficient (Wildman–Crippen LogP) is 2.05. The zero-order valence-electron chi connectivity index (χ0n) is 11.5. The molecule has 0 saturated carbocycles. The second kappa shape index (κ2) is 5.97. The second-order valence-corrected chi connectivity index (χ2v) is 4.96. The molecule has 4 heteroatoms. The van der Waals surface area contributed by atoms with E-state index in [1.54, 1.807) is 12.1 Å². The molecular formula is C15H20N2O2. The van der Waals surface area contributed by atoms with Gasteiger partial charge in [0.15, 0.2) is 0 Å². The largest absolute Gasteiger partial charge is 0.295 e. The lowest BCUT2D eigenvalue weighted by Crippen LogP contribution is -2.40. The van der Waals surface area contributed by atoms with E-state index >= 15 is 0 Å². The number of hydrogen-bond acceptors (Lipinski definition) is 3. The van der Waals surface area contributed by atoms with Gasteiger partial charge < -0.3 is 0 Å². The van der Waals surface area contributed by atoms with Gasteiger partial charge in [-0.2, -0.15) is 0 Å². The summed E-state index contributed by atoms with van der Waals surface area (Å²) in [7, 11) is 1.92. The lowest BCUT2D eigenvalue weighted by Gasteiger charge is -2.22. The van der Waals surface area contributed by atoms with Crippen molar-refractivity contribution in [3.8, 4) is 0 Å². The van der Waals surface area contributed by atoms with Crippen molar-refractivity contribution in [3.63, 3.8) is 0 Å². The number of anilines is 1. The number of rotatable bonds is 5. The number of carbonyl (C=O) groups is 2. The molecule has 2 amide bonds. The minimum atomic E-state index is -0.306. The van der Waals surface area contributed by atoms with Crippen molar-refractivity contribution in [2.24, 2.45) is 0 Å². The maximum absolute atomic E-state index is 12.4. The molecule has 1 aromatic carbocycles. The summed E-state index contributed by atoms with van der Waals surface area (Å²) in [6, 6.07) is 8.83. The van der Waals surface area contributed by atoms with Gasteiger partial charge in [0.1, 0.15) is 0 Å². The molecule has 0 aromatic heterocycles. The van der Waals surface area contributed by atoms with Crippen LogP contribution in [-0.2, 0) is 9.59 Å². The maximum Gasteiger partial charge on any atom is 0.251 e. The Labute approximate surface area is 114 Å². The van der Waals surface area contributed by atoms with E-state index in [2.05, 4.69) is 6.92 Å². The average Bonchev–Trinajstić information content (AvgIpc) is 2.72. The minimum absolute atomic E-state index is 0.102. The molecule has 102 valence electrons. The van der Waals surface area contributed by atoms with Gasteiger partial charge in [-0.3, -0.25) is 14.5 Å². The predicted molar refractivity (Wildman–Crippen MR) is 74.9 cm³/mol. The number of carbonyl (C=O) groups excluding carboxylic acids is 2. The highest BCUT2D eigenvalue weighted by Crippen LogP contribution is 2.24.